The molecule has 33 heavy (non-hydrogen) atoms. The molecule has 0 amide bonds. The molecule has 0 aromatic heterocycles. The predicted molar refractivity (Wildman–Crippen MR) is 125 cm³/mol. The molecule has 2 aliphatic carbocycles. The van der Waals surface area contributed by atoms with Crippen LogP contribution in [0.25, 0.3) is 10.8 Å². The zero-order valence-corrected chi connectivity index (χ0v) is 19.6. The second-order valence-corrected chi connectivity index (χ2v) is 10.3. The van der Waals surface area contributed by atoms with E-state index >= 15 is 0 Å². The first kappa shape index (κ1) is 24.3. The van der Waals surface area contributed by atoms with Gasteiger partial charge in [0.05, 0.1) is 0 Å². The molecule has 2 aromatic carbocycles. The summed E-state index contributed by atoms with van der Waals surface area (Å²) in [5, 5.41) is 0.807. The fourth-order valence-electron chi connectivity index (χ4n) is 6.33. The van der Waals surface area contributed by atoms with E-state index in [4.69, 9.17) is 0 Å². The van der Waals surface area contributed by atoms with E-state index in [1.807, 2.05) is 6.07 Å². The Morgan fingerprint density at radius 1 is 0.879 bits per heavy atom. The molecule has 2 saturated carbocycles. The van der Waals surface area contributed by atoms with Gasteiger partial charge in [-0.3, -0.25) is 0 Å². The number of fused-ring (bicyclic) bond motifs is 2. The molecule has 1 nitrogen and oxygen atoms in total. The molecular formula is C28H36F4O. The van der Waals surface area contributed by atoms with Crippen molar-refractivity contribution in [3.8, 4) is 5.75 Å². The Bertz CT molecular complexity index is 922. The number of halogens is 4. The van der Waals surface area contributed by atoms with Crippen molar-refractivity contribution >= 4 is 10.8 Å². The Kier molecular flexibility index (Phi) is 7.86. The van der Waals surface area contributed by atoms with Gasteiger partial charge in [0, 0.05) is 5.39 Å². The van der Waals surface area contributed by atoms with Crippen LogP contribution in [-0.2, 0) is 0 Å². The Morgan fingerprint density at radius 3 is 2.42 bits per heavy atom. The third-order valence-corrected chi connectivity index (χ3v) is 8.04. The van der Waals surface area contributed by atoms with Crippen LogP contribution in [0.3, 0.4) is 0 Å². The highest BCUT2D eigenvalue weighted by Gasteiger charge is 2.36. The van der Waals surface area contributed by atoms with Gasteiger partial charge in [0.2, 0.25) is 0 Å². The lowest BCUT2D eigenvalue weighted by atomic mass is 9.63. The molecule has 0 saturated heterocycles. The van der Waals surface area contributed by atoms with Crippen molar-refractivity contribution in [2.45, 2.75) is 96.3 Å². The van der Waals surface area contributed by atoms with Gasteiger partial charge in [0.25, 0.3) is 0 Å². The Balaban J connectivity index is 1.36. The summed E-state index contributed by atoms with van der Waals surface area (Å²) in [7, 11) is 0. The van der Waals surface area contributed by atoms with E-state index in [1.54, 1.807) is 0 Å². The van der Waals surface area contributed by atoms with E-state index in [9.17, 15) is 17.6 Å². The van der Waals surface area contributed by atoms with Crippen molar-refractivity contribution in [2.75, 3.05) is 0 Å². The predicted octanol–water partition coefficient (Wildman–Crippen LogP) is 9.54. The third kappa shape index (κ3) is 6.42. The van der Waals surface area contributed by atoms with E-state index < -0.39 is 12.2 Å². The van der Waals surface area contributed by atoms with E-state index in [-0.39, 0.29) is 11.1 Å². The molecule has 5 heteroatoms. The van der Waals surface area contributed by atoms with E-state index in [2.05, 4.69) is 11.7 Å². The highest BCUT2D eigenvalue weighted by atomic mass is 19.4. The highest BCUT2D eigenvalue weighted by Crippen LogP contribution is 2.49. The molecule has 2 aromatic rings. The van der Waals surface area contributed by atoms with Crippen LogP contribution in [0.1, 0.15) is 95.5 Å². The average Bonchev–Trinajstić information content (AvgIpc) is 2.78. The van der Waals surface area contributed by atoms with Crippen LogP contribution >= 0.6 is 0 Å². The number of ether oxygens (including phenoxy) is 1. The molecule has 0 heterocycles. The van der Waals surface area contributed by atoms with Crippen LogP contribution in [0.5, 0.6) is 5.75 Å². The molecule has 0 radical (unpaired) electrons. The van der Waals surface area contributed by atoms with Gasteiger partial charge >= 0.3 is 6.36 Å². The summed E-state index contributed by atoms with van der Waals surface area (Å²) < 4.78 is 56.3. The van der Waals surface area contributed by atoms with Gasteiger partial charge in [0.1, 0.15) is 11.6 Å². The topological polar surface area (TPSA) is 9.23 Å². The first-order valence-corrected chi connectivity index (χ1v) is 12.8. The van der Waals surface area contributed by atoms with Crippen molar-refractivity contribution in [3.63, 3.8) is 0 Å². The largest absolute Gasteiger partial charge is 0.573 e. The van der Waals surface area contributed by atoms with Crippen molar-refractivity contribution < 1.29 is 22.3 Å². The minimum Gasteiger partial charge on any atom is -0.406 e. The van der Waals surface area contributed by atoms with Crippen LogP contribution in [0.4, 0.5) is 17.6 Å². The van der Waals surface area contributed by atoms with Crippen LogP contribution in [0.2, 0.25) is 0 Å². The van der Waals surface area contributed by atoms with E-state index in [1.165, 1.54) is 82.4 Å². The fraction of sp³-hybridized carbons (Fsp3) is 0.643. The first-order valence-electron chi connectivity index (χ1n) is 12.8. The molecule has 182 valence electrons. The zero-order chi connectivity index (χ0) is 23.4. The van der Waals surface area contributed by atoms with Gasteiger partial charge in [-0.2, -0.15) is 0 Å². The number of benzene rings is 2. The molecule has 0 N–H and O–H groups in total. The molecule has 4 atom stereocenters. The fourth-order valence-corrected chi connectivity index (χ4v) is 6.33. The molecule has 0 bridgehead atoms. The summed E-state index contributed by atoms with van der Waals surface area (Å²) in [4.78, 5) is 0. The minimum absolute atomic E-state index is 0.175. The first-order chi connectivity index (χ1) is 15.8. The second kappa shape index (κ2) is 10.7. The molecule has 4 rings (SSSR count). The van der Waals surface area contributed by atoms with Gasteiger partial charge in [-0.15, -0.1) is 13.2 Å². The normalized spacial score (nSPS) is 25.7. The monoisotopic (exact) mass is 464 g/mol. The lowest BCUT2D eigenvalue weighted by molar-refractivity contribution is -0.274. The average molecular weight is 465 g/mol. The van der Waals surface area contributed by atoms with Gasteiger partial charge in [0.15, 0.2) is 0 Å². The molecule has 2 unspecified atom stereocenters. The maximum Gasteiger partial charge on any atom is 0.573 e. The number of hydrogen-bond acceptors (Lipinski definition) is 1. The number of rotatable bonds is 8. The van der Waals surface area contributed by atoms with Crippen molar-refractivity contribution in [1.82, 2.24) is 0 Å². The van der Waals surface area contributed by atoms with Crippen molar-refractivity contribution in [2.24, 2.45) is 17.8 Å². The number of hydrogen-bond donors (Lipinski definition) is 0. The quantitative estimate of drug-likeness (QED) is 0.279. The summed E-state index contributed by atoms with van der Waals surface area (Å²) in [6.07, 6.45) is 10.7. The van der Waals surface area contributed by atoms with Crippen LogP contribution in [0, 0.1) is 23.6 Å². The van der Waals surface area contributed by atoms with E-state index in [0.717, 1.165) is 42.2 Å². The lowest BCUT2D eigenvalue weighted by Gasteiger charge is -2.42. The van der Waals surface area contributed by atoms with Crippen molar-refractivity contribution in [3.05, 3.63) is 41.7 Å². The Morgan fingerprint density at radius 2 is 1.64 bits per heavy atom. The molecule has 2 aliphatic rings. The SMILES string of the molecule is CCCCCCC[C@@H]1CC[C@@H]2CC(c3cc(F)c4cc(OC(F)(F)F)ccc4c3)CCC2C1. The summed E-state index contributed by atoms with van der Waals surface area (Å²) >= 11 is 0. The smallest absolute Gasteiger partial charge is 0.406 e. The molecule has 2 fully saturated rings. The van der Waals surface area contributed by atoms with Gasteiger partial charge < -0.3 is 4.74 Å². The minimum atomic E-state index is -4.78. The summed E-state index contributed by atoms with van der Waals surface area (Å²) in [5.74, 6) is 1.90. The summed E-state index contributed by atoms with van der Waals surface area (Å²) in [6, 6.07) is 7.43. The molecule has 0 aliphatic heterocycles. The Hall–Kier alpha value is -1.78. The maximum absolute atomic E-state index is 14.9. The standard InChI is InChI=1S/C28H36F4O/c1-2-3-4-5-6-7-19-8-9-21-15-22(11-10-20(21)14-19)24-16-23-12-13-25(33-28(30,31)32)18-26(23)27(29)17-24/h12-13,16-22H,2-11,14-15H2,1H3/t19-,20?,21-,22?/m1/s1. The maximum atomic E-state index is 14.9. The summed E-state index contributed by atoms with van der Waals surface area (Å²) in [5.41, 5.74) is 0.987. The third-order valence-electron chi connectivity index (χ3n) is 8.04. The number of alkyl halides is 3. The van der Waals surface area contributed by atoms with Gasteiger partial charge in [-0.25, -0.2) is 4.39 Å². The molecular weight excluding hydrogens is 428 g/mol. The second-order valence-electron chi connectivity index (χ2n) is 10.3. The van der Waals surface area contributed by atoms with Crippen LogP contribution in [-0.4, -0.2) is 6.36 Å². The van der Waals surface area contributed by atoms with Crippen LogP contribution < -0.4 is 4.74 Å². The van der Waals surface area contributed by atoms with Gasteiger partial charge in [-0.1, -0.05) is 64.0 Å². The summed E-state index contributed by atoms with van der Waals surface area (Å²) in [6.45, 7) is 2.26. The number of unbranched alkanes of at least 4 members (excludes halogenated alkanes) is 4. The zero-order valence-electron chi connectivity index (χ0n) is 19.6. The van der Waals surface area contributed by atoms with Crippen LogP contribution in [0.15, 0.2) is 30.3 Å². The Labute approximate surface area is 194 Å². The lowest BCUT2D eigenvalue weighted by Crippen LogP contribution is -2.30. The van der Waals surface area contributed by atoms with Crippen molar-refractivity contribution in [1.29, 1.82) is 0 Å². The molecule has 0 spiro atoms. The van der Waals surface area contributed by atoms with E-state index in [0.29, 0.717) is 11.3 Å². The van der Waals surface area contributed by atoms with Gasteiger partial charge in [-0.05, 0) is 84.9 Å². The highest BCUT2D eigenvalue weighted by molar-refractivity contribution is 5.85.